The van der Waals surface area contributed by atoms with Crippen LogP contribution in [0.15, 0.2) is 47.5 Å². The normalized spacial score (nSPS) is 24.3. The first-order chi connectivity index (χ1) is 13.5. The molecule has 0 aromatic heterocycles. The van der Waals surface area contributed by atoms with Crippen molar-refractivity contribution < 1.29 is 17.6 Å². The molecule has 0 saturated carbocycles. The molecule has 2 aromatic rings. The summed E-state index contributed by atoms with van der Waals surface area (Å²) in [6.45, 7) is -0.318. The molecule has 29 heavy (non-hydrogen) atoms. The average molecular weight is 466 g/mol. The molecule has 0 aliphatic carbocycles. The van der Waals surface area contributed by atoms with Crippen molar-refractivity contribution in [2.45, 2.75) is 23.7 Å². The van der Waals surface area contributed by atoms with Crippen LogP contribution in [0.2, 0.25) is 10.0 Å². The molecule has 2 nitrogen and oxygen atoms in total. The molecule has 2 aliphatic rings. The summed E-state index contributed by atoms with van der Waals surface area (Å²) < 4.78 is 58.4. The Morgan fingerprint density at radius 3 is 2.03 bits per heavy atom. The number of nitrogens with zero attached hydrogens (tertiary/aromatic N) is 2. The summed E-state index contributed by atoms with van der Waals surface area (Å²) in [5.74, 6) is 0. The van der Waals surface area contributed by atoms with Crippen molar-refractivity contribution in [1.82, 2.24) is 4.42 Å². The van der Waals surface area contributed by atoms with Crippen molar-refractivity contribution in [2.24, 2.45) is 4.99 Å². The van der Waals surface area contributed by atoms with Crippen LogP contribution in [0.1, 0.15) is 23.1 Å². The van der Waals surface area contributed by atoms with Gasteiger partial charge in [0.2, 0.25) is 0 Å². The number of rotatable bonds is 3. The second kappa shape index (κ2) is 7.12. The molecule has 2 aromatic carbocycles. The molecule has 1 atom stereocenters. The van der Waals surface area contributed by atoms with E-state index in [1.165, 1.54) is 22.6 Å². The zero-order valence-corrected chi connectivity index (χ0v) is 17.2. The Kier molecular flexibility index (Phi) is 5.13. The summed E-state index contributed by atoms with van der Waals surface area (Å²) in [7, 11) is 0. The van der Waals surface area contributed by atoms with E-state index in [0.29, 0.717) is 16.8 Å². The molecule has 2 heterocycles. The largest absolute Gasteiger partial charge is 0.400 e. The lowest BCUT2D eigenvalue weighted by Gasteiger charge is -2.40. The van der Waals surface area contributed by atoms with Crippen molar-refractivity contribution in [1.29, 1.82) is 0 Å². The fourth-order valence-electron chi connectivity index (χ4n) is 3.84. The van der Waals surface area contributed by atoms with Crippen LogP contribution in [0.3, 0.4) is 0 Å². The Morgan fingerprint density at radius 2 is 1.52 bits per heavy atom. The highest BCUT2D eigenvalue weighted by Gasteiger charge is 2.58. The lowest BCUT2D eigenvalue weighted by atomic mass is 9.76. The first kappa shape index (κ1) is 20.9. The highest BCUT2D eigenvalue weighted by molar-refractivity contribution is 6.34. The summed E-state index contributed by atoms with van der Waals surface area (Å²) in [5, 5.41) is 0.270. The van der Waals surface area contributed by atoms with E-state index in [-0.39, 0.29) is 35.1 Å². The van der Waals surface area contributed by atoms with Gasteiger partial charge in [0.1, 0.15) is 5.41 Å². The molecule has 154 valence electrons. The highest BCUT2D eigenvalue weighted by Crippen LogP contribution is 2.49. The number of halogens is 7. The van der Waals surface area contributed by atoms with Gasteiger partial charge in [-0.2, -0.15) is 13.2 Å². The van der Waals surface area contributed by atoms with E-state index in [9.17, 15) is 17.6 Å². The molecule has 0 bridgehead atoms. The van der Waals surface area contributed by atoms with Crippen LogP contribution >= 0.6 is 35.0 Å². The fourth-order valence-corrected chi connectivity index (χ4v) is 4.74. The van der Waals surface area contributed by atoms with E-state index in [1.54, 1.807) is 24.3 Å². The molecule has 2 aliphatic heterocycles. The van der Waals surface area contributed by atoms with Gasteiger partial charge in [0.15, 0.2) is 5.67 Å². The zero-order valence-electron chi connectivity index (χ0n) is 14.9. The third kappa shape index (κ3) is 3.65. The number of benzene rings is 2. The number of alkyl halides is 4. The Balaban J connectivity index is 1.63. The molecule has 1 fully saturated rings. The van der Waals surface area contributed by atoms with Crippen LogP contribution in [0.5, 0.6) is 0 Å². The first-order valence-electron chi connectivity index (χ1n) is 8.80. The molecule has 0 radical (unpaired) electrons. The van der Waals surface area contributed by atoms with E-state index in [1.807, 2.05) is 0 Å². The summed E-state index contributed by atoms with van der Waals surface area (Å²) in [4.78, 5) is 4.19. The third-order valence-corrected chi connectivity index (χ3v) is 6.22. The molecule has 0 amide bonds. The topological polar surface area (TPSA) is 15.6 Å². The van der Waals surface area contributed by atoms with Crippen molar-refractivity contribution in [3.63, 3.8) is 0 Å². The Hall–Kier alpha value is -1.34. The summed E-state index contributed by atoms with van der Waals surface area (Å²) >= 11 is 17.6. The molecule has 9 heteroatoms. The van der Waals surface area contributed by atoms with Crippen molar-refractivity contribution in [2.75, 3.05) is 19.6 Å². The second-order valence-corrected chi connectivity index (χ2v) is 8.85. The van der Waals surface area contributed by atoms with Gasteiger partial charge in [-0.1, -0.05) is 47.5 Å². The van der Waals surface area contributed by atoms with Gasteiger partial charge in [0, 0.05) is 22.2 Å². The van der Waals surface area contributed by atoms with Crippen molar-refractivity contribution >= 4 is 40.7 Å². The van der Waals surface area contributed by atoms with Crippen LogP contribution in [-0.4, -0.2) is 35.9 Å². The first-order valence-corrected chi connectivity index (χ1v) is 9.89. The van der Waals surface area contributed by atoms with E-state index in [0.717, 1.165) is 0 Å². The molecule has 4 rings (SSSR count). The van der Waals surface area contributed by atoms with Crippen LogP contribution in [0, 0.1) is 0 Å². The smallest absolute Gasteiger partial charge is 0.288 e. The van der Waals surface area contributed by atoms with Gasteiger partial charge in [0.05, 0.1) is 19.6 Å². The van der Waals surface area contributed by atoms with Crippen LogP contribution in [0.4, 0.5) is 17.6 Å². The van der Waals surface area contributed by atoms with E-state index < -0.39 is 23.8 Å². The summed E-state index contributed by atoms with van der Waals surface area (Å²) in [6.07, 6.45) is -4.90. The Morgan fingerprint density at radius 1 is 0.931 bits per heavy atom. The fraction of sp³-hybridized carbons (Fsp3) is 0.350. The number of hydrogen-bond donors (Lipinski definition) is 0. The van der Waals surface area contributed by atoms with E-state index >= 15 is 0 Å². The maximum atomic E-state index is 14.6. The van der Waals surface area contributed by atoms with Crippen molar-refractivity contribution in [3.8, 4) is 0 Å². The highest BCUT2D eigenvalue weighted by atomic mass is 35.5. The minimum Gasteiger partial charge on any atom is -0.288 e. The zero-order chi connectivity index (χ0) is 21.0. The minimum absolute atomic E-state index is 0.0164. The molecule has 1 saturated heterocycles. The maximum absolute atomic E-state index is 14.6. The Bertz CT molecular complexity index is 948. The number of aliphatic imine (C=N–C) groups is 1. The molecular formula is C20H15Cl3F4N2. The van der Waals surface area contributed by atoms with Gasteiger partial charge < -0.3 is 0 Å². The van der Waals surface area contributed by atoms with E-state index in [4.69, 9.17) is 35.0 Å². The predicted octanol–water partition coefficient (Wildman–Crippen LogP) is 6.32. The van der Waals surface area contributed by atoms with E-state index in [2.05, 4.69) is 4.99 Å². The maximum Gasteiger partial charge on any atom is 0.400 e. The van der Waals surface area contributed by atoms with Crippen LogP contribution in [-0.2, 0) is 11.1 Å². The SMILES string of the molecule is FC1(c2ccc(C3=NCC(c4cc(Cl)cc(Cl)c4)(C(F)(F)F)C3)cc2)CN(Cl)C1. The third-order valence-electron chi connectivity index (χ3n) is 5.55. The molecular weight excluding hydrogens is 451 g/mol. The van der Waals surface area contributed by atoms with Gasteiger partial charge in [-0.3, -0.25) is 4.99 Å². The molecule has 0 spiro atoms. The standard InChI is InChI=1S/C20H15Cl3F4N2/c21-15-5-14(6-16(22)7-15)18(20(25,26)27)8-17(28-9-18)12-1-3-13(4-2-12)19(24)10-29(23)11-19/h1-7H,8-11H2. The van der Waals surface area contributed by atoms with Gasteiger partial charge in [-0.15, -0.1) is 0 Å². The summed E-state index contributed by atoms with van der Waals surface area (Å²) in [6, 6.07) is 10.3. The minimum atomic E-state index is -4.55. The summed E-state index contributed by atoms with van der Waals surface area (Å²) in [5.41, 5.74) is -2.48. The Labute approximate surface area is 180 Å². The molecule has 0 N–H and O–H groups in total. The van der Waals surface area contributed by atoms with Crippen molar-refractivity contribution in [3.05, 3.63) is 69.2 Å². The average Bonchev–Trinajstić information content (AvgIpc) is 3.06. The monoisotopic (exact) mass is 464 g/mol. The van der Waals surface area contributed by atoms with Gasteiger partial charge in [-0.05, 0) is 46.7 Å². The van der Waals surface area contributed by atoms with Gasteiger partial charge in [0.25, 0.3) is 0 Å². The quantitative estimate of drug-likeness (QED) is 0.382. The predicted molar refractivity (Wildman–Crippen MR) is 107 cm³/mol. The van der Waals surface area contributed by atoms with Crippen LogP contribution in [0.25, 0.3) is 0 Å². The van der Waals surface area contributed by atoms with Crippen LogP contribution < -0.4 is 0 Å². The van der Waals surface area contributed by atoms with Gasteiger partial charge >= 0.3 is 6.18 Å². The number of hydrogen-bond acceptors (Lipinski definition) is 2. The lowest BCUT2D eigenvalue weighted by molar-refractivity contribution is -0.183. The second-order valence-electron chi connectivity index (χ2n) is 7.50. The van der Waals surface area contributed by atoms with Gasteiger partial charge in [-0.25, -0.2) is 8.81 Å². The lowest BCUT2D eigenvalue weighted by Crippen LogP contribution is -2.51. The molecule has 1 unspecified atom stereocenters.